The molecule has 0 atom stereocenters. The molecule has 0 aliphatic carbocycles. The van der Waals surface area contributed by atoms with Crippen molar-refractivity contribution in [1.29, 1.82) is 0 Å². The van der Waals surface area contributed by atoms with E-state index in [0.717, 1.165) is 5.56 Å². The van der Waals surface area contributed by atoms with Crippen molar-refractivity contribution in [2.45, 2.75) is 6.92 Å². The fourth-order valence-corrected chi connectivity index (χ4v) is 2.02. The van der Waals surface area contributed by atoms with Crippen molar-refractivity contribution in [1.82, 2.24) is 15.8 Å². The van der Waals surface area contributed by atoms with Gasteiger partial charge in [0.25, 0.3) is 11.8 Å². The highest BCUT2D eigenvalue weighted by Crippen LogP contribution is 2.19. The smallest absolute Gasteiger partial charge is 0.271 e. The molecule has 2 rings (SSSR count). The summed E-state index contributed by atoms with van der Waals surface area (Å²) in [7, 11) is 0. The number of nitrogens with zero attached hydrogens (tertiary/aromatic N) is 1. The summed E-state index contributed by atoms with van der Waals surface area (Å²) in [5, 5.41) is 3.13. The number of hydrogen-bond acceptors (Lipinski definition) is 5. The van der Waals surface area contributed by atoms with Crippen LogP contribution in [0.2, 0.25) is 5.02 Å². The highest BCUT2D eigenvalue weighted by molar-refractivity contribution is 6.31. The van der Waals surface area contributed by atoms with Gasteiger partial charge in [-0.25, -0.2) is 0 Å². The zero-order valence-corrected chi connectivity index (χ0v) is 14.7. The molecule has 0 saturated carbocycles. The van der Waals surface area contributed by atoms with Crippen LogP contribution in [-0.2, 0) is 14.3 Å². The Hall–Kier alpha value is -2.97. The van der Waals surface area contributed by atoms with Crippen LogP contribution < -0.4 is 16.2 Å². The normalized spacial score (nSPS) is 10.1. The molecule has 2 aromatic rings. The molecule has 0 saturated heterocycles. The third-order valence-corrected chi connectivity index (χ3v) is 3.57. The molecule has 3 N–H and O–H groups in total. The molecule has 1 aromatic carbocycles. The van der Waals surface area contributed by atoms with Crippen molar-refractivity contribution in [2.75, 3.05) is 18.5 Å². The maximum Gasteiger partial charge on any atom is 0.271 e. The first-order valence-electron chi connectivity index (χ1n) is 7.58. The minimum Gasteiger partial charge on any atom is -0.362 e. The van der Waals surface area contributed by atoms with E-state index in [9.17, 15) is 14.4 Å². The number of hydrazine groups is 1. The van der Waals surface area contributed by atoms with Crippen molar-refractivity contribution >= 4 is 35.0 Å². The molecular weight excluding hydrogens is 360 g/mol. The lowest BCUT2D eigenvalue weighted by molar-refractivity contribution is -0.129. The molecule has 26 heavy (non-hydrogen) atoms. The lowest BCUT2D eigenvalue weighted by Gasteiger charge is -2.09. The lowest BCUT2D eigenvalue weighted by Crippen LogP contribution is -2.43. The van der Waals surface area contributed by atoms with Crippen LogP contribution in [0.3, 0.4) is 0 Å². The molecule has 0 spiro atoms. The molecule has 136 valence electrons. The van der Waals surface area contributed by atoms with E-state index >= 15 is 0 Å². The number of aryl methyl sites for hydroxylation is 1. The van der Waals surface area contributed by atoms with Gasteiger partial charge in [0.2, 0.25) is 5.91 Å². The van der Waals surface area contributed by atoms with E-state index in [1.807, 2.05) is 6.92 Å². The first kappa shape index (κ1) is 19.4. The zero-order chi connectivity index (χ0) is 18.9. The van der Waals surface area contributed by atoms with Gasteiger partial charge in [-0.3, -0.25) is 30.2 Å². The Labute approximate surface area is 154 Å². The Balaban J connectivity index is 1.66. The van der Waals surface area contributed by atoms with E-state index < -0.39 is 24.3 Å². The predicted molar refractivity (Wildman–Crippen MR) is 95.5 cm³/mol. The minimum atomic E-state index is -0.603. The van der Waals surface area contributed by atoms with Gasteiger partial charge in [-0.2, -0.15) is 0 Å². The molecule has 9 heteroatoms. The second kappa shape index (κ2) is 9.50. The van der Waals surface area contributed by atoms with Gasteiger partial charge in [-0.15, -0.1) is 0 Å². The number of hydrogen-bond donors (Lipinski definition) is 3. The van der Waals surface area contributed by atoms with Gasteiger partial charge in [0.1, 0.15) is 13.2 Å². The number of amides is 3. The summed E-state index contributed by atoms with van der Waals surface area (Å²) in [6.07, 6.45) is 2.89. The second-order valence-corrected chi connectivity index (χ2v) is 5.66. The Kier molecular flexibility index (Phi) is 7.07. The summed E-state index contributed by atoms with van der Waals surface area (Å²) in [6.45, 7) is 1.13. The third-order valence-electron chi connectivity index (χ3n) is 3.16. The molecule has 0 bridgehead atoms. The standard InChI is InChI=1S/C17H17ClN4O4/c1-11-4-5-13(7-14(11)18)20-15(23)9-26-10-16(24)21-22-17(25)12-3-2-6-19-8-12/h2-8H,9-10H2,1H3,(H,20,23)(H,21,24)(H,22,25). The number of nitrogens with one attached hydrogen (secondary N) is 3. The van der Waals surface area contributed by atoms with Crippen LogP contribution in [0.25, 0.3) is 0 Å². The summed E-state index contributed by atoms with van der Waals surface area (Å²) in [4.78, 5) is 38.8. The fourth-order valence-electron chi connectivity index (χ4n) is 1.84. The maximum absolute atomic E-state index is 11.8. The van der Waals surface area contributed by atoms with E-state index in [1.54, 1.807) is 30.3 Å². The zero-order valence-electron chi connectivity index (χ0n) is 13.9. The van der Waals surface area contributed by atoms with E-state index in [4.69, 9.17) is 16.3 Å². The number of rotatable bonds is 6. The fraction of sp³-hybridized carbons (Fsp3) is 0.176. The number of pyridine rings is 1. The first-order chi connectivity index (χ1) is 12.5. The Morgan fingerprint density at radius 3 is 2.58 bits per heavy atom. The van der Waals surface area contributed by atoms with E-state index in [1.165, 1.54) is 12.4 Å². The molecule has 3 amide bonds. The number of halogens is 1. The Morgan fingerprint density at radius 1 is 1.12 bits per heavy atom. The predicted octanol–water partition coefficient (Wildman–Crippen LogP) is 1.46. The highest BCUT2D eigenvalue weighted by atomic mass is 35.5. The van der Waals surface area contributed by atoms with E-state index in [-0.39, 0.29) is 6.61 Å². The van der Waals surface area contributed by atoms with Crippen LogP contribution in [0.5, 0.6) is 0 Å². The minimum absolute atomic E-state index is 0.296. The van der Waals surface area contributed by atoms with Crippen LogP contribution in [-0.4, -0.2) is 35.9 Å². The average molecular weight is 377 g/mol. The van der Waals surface area contributed by atoms with Crippen LogP contribution in [0.15, 0.2) is 42.7 Å². The van der Waals surface area contributed by atoms with Crippen LogP contribution in [0, 0.1) is 6.92 Å². The topological polar surface area (TPSA) is 109 Å². The average Bonchev–Trinajstić information content (AvgIpc) is 2.63. The summed E-state index contributed by atoms with van der Waals surface area (Å²) in [5.74, 6) is -1.55. The van der Waals surface area contributed by atoms with Gasteiger partial charge < -0.3 is 10.1 Å². The van der Waals surface area contributed by atoms with Crippen LogP contribution in [0.1, 0.15) is 15.9 Å². The number of aromatic nitrogens is 1. The molecule has 0 fully saturated rings. The van der Waals surface area contributed by atoms with Crippen molar-refractivity contribution in [2.24, 2.45) is 0 Å². The van der Waals surface area contributed by atoms with Crippen molar-refractivity contribution in [3.63, 3.8) is 0 Å². The summed E-state index contributed by atoms with van der Waals surface area (Å²) >= 11 is 5.97. The van der Waals surface area contributed by atoms with Gasteiger partial charge >= 0.3 is 0 Å². The van der Waals surface area contributed by atoms with E-state index in [0.29, 0.717) is 16.3 Å². The molecule has 1 heterocycles. The van der Waals surface area contributed by atoms with Gasteiger partial charge in [-0.1, -0.05) is 17.7 Å². The maximum atomic E-state index is 11.8. The molecular formula is C17H17ClN4O4. The molecule has 0 aliphatic rings. The second-order valence-electron chi connectivity index (χ2n) is 5.25. The SMILES string of the molecule is Cc1ccc(NC(=O)COCC(=O)NNC(=O)c2cccnc2)cc1Cl. The molecule has 1 aromatic heterocycles. The monoisotopic (exact) mass is 376 g/mol. The quantitative estimate of drug-likeness (QED) is 0.661. The largest absolute Gasteiger partial charge is 0.362 e. The molecule has 0 radical (unpaired) electrons. The van der Waals surface area contributed by atoms with Gasteiger partial charge in [0.05, 0.1) is 5.56 Å². The first-order valence-corrected chi connectivity index (χ1v) is 7.96. The van der Waals surface area contributed by atoms with Crippen molar-refractivity contribution < 1.29 is 19.1 Å². The summed E-state index contributed by atoms with van der Waals surface area (Å²) < 4.78 is 5.00. The van der Waals surface area contributed by atoms with Crippen molar-refractivity contribution in [3.05, 3.63) is 58.9 Å². The van der Waals surface area contributed by atoms with Gasteiger partial charge in [0.15, 0.2) is 0 Å². The molecule has 8 nitrogen and oxygen atoms in total. The van der Waals surface area contributed by atoms with Crippen LogP contribution in [0.4, 0.5) is 5.69 Å². The van der Waals surface area contributed by atoms with Gasteiger partial charge in [-0.05, 0) is 36.8 Å². The number of benzene rings is 1. The summed E-state index contributed by atoms with van der Waals surface area (Å²) in [6, 6.07) is 8.25. The number of carbonyl (C=O) groups excluding carboxylic acids is 3. The molecule has 0 unspecified atom stereocenters. The van der Waals surface area contributed by atoms with Crippen LogP contribution >= 0.6 is 11.6 Å². The Bertz CT molecular complexity index is 799. The number of ether oxygens (including phenoxy) is 1. The lowest BCUT2D eigenvalue weighted by atomic mass is 10.2. The third kappa shape index (κ3) is 6.15. The Morgan fingerprint density at radius 2 is 1.88 bits per heavy atom. The number of carbonyl (C=O) groups is 3. The van der Waals surface area contributed by atoms with Crippen molar-refractivity contribution in [3.8, 4) is 0 Å². The van der Waals surface area contributed by atoms with E-state index in [2.05, 4.69) is 21.2 Å². The number of anilines is 1. The summed E-state index contributed by atoms with van der Waals surface area (Å²) in [5.41, 5.74) is 6.11. The molecule has 0 aliphatic heterocycles. The van der Waals surface area contributed by atoms with Gasteiger partial charge in [0, 0.05) is 23.1 Å². The highest BCUT2D eigenvalue weighted by Gasteiger charge is 2.09.